The lowest BCUT2D eigenvalue weighted by Gasteiger charge is -2.13. The van der Waals surface area contributed by atoms with Gasteiger partial charge in [-0.1, -0.05) is 37.3 Å². The summed E-state index contributed by atoms with van der Waals surface area (Å²) < 4.78 is 5.50. The van der Waals surface area contributed by atoms with Crippen molar-refractivity contribution in [2.24, 2.45) is 0 Å². The van der Waals surface area contributed by atoms with Crippen LogP contribution in [0.3, 0.4) is 0 Å². The van der Waals surface area contributed by atoms with Crippen LogP contribution < -0.4 is 10.1 Å². The average Bonchev–Trinajstić information content (AvgIpc) is 2.52. The fourth-order valence-electron chi connectivity index (χ4n) is 2.08. The van der Waals surface area contributed by atoms with Crippen LogP contribution in [0.25, 0.3) is 10.8 Å². The maximum Gasteiger partial charge on any atom is 0.258 e. The summed E-state index contributed by atoms with van der Waals surface area (Å²) in [5.41, 5.74) is 0.476. The molecule has 4 heteroatoms. The van der Waals surface area contributed by atoms with Crippen molar-refractivity contribution in [2.45, 2.75) is 26.3 Å². The van der Waals surface area contributed by atoms with Crippen molar-refractivity contribution in [3.63, 3.8) is 0 Å². The van der Waals surface area contributed by atoms with E-state index in [9.17, 15) is 9.59 Å². The number of hydrogen-bond acceptors (Lipinski definition) is 3. The second kappa shape index (κ2) is 6.88. The third kappa shape index (κ3) is 3.60. The minimum Gasteiger partial charge on any atom is -0.483 e. The topological polar surface area (TPSA) is 55.4 Å². The minimum atomic E-state index is -0.186. The van der Waals surface area contributed by atoms with Crippen molar-refractivity contribution in [1.29, 1.82) is 0 Å². The SMILES string of the molecule is CCC(C)NC(=O)COc1ccc2ccccc2c1C=O. The fourth-order valence-corrected chi connectivity index (χ4v) is 2.08. The summed E-state index contributed by atoms with van der Waals surface area (Å²) in [5.74, 6) is 0.248. The number of ether oxygens (including phenoxy) is 1. The van der Waals surface area contributed by atoms with Crippen LogP contribution in [-0.4, -0.2) is 24.8 Å². The summed E-state index contributed by atoms with van der Waals surface area (Å²) >= 11 is 0. The van der Waals surface area contributed by atoms with Gasteiger partial charge in [0.25, 0.3) is 5.91 Å². The zero-order valence-corrected chi connectivity index (χ0v) is 12.3. The number of benzene rings is 2. The summed E-state index contributed by atoms with van der Waals surface area (Å²) in [6.07, 6.45) is 1.63. The standard InChI is InChI=1S/C17H19NO3/c1-3-12(2)18-17(20)11-21-16-9-8-13-6-4-5-7-14(13)15(16)10-19/h4-10,12H,3,11H2,1-2H3,(H,18,20). The molecule has 0 spiro atoms. The molecular formula is C17H19NO3. The Labute approximate surface area is 124 Å². The second-order valence-corrected chi connectivity index (χ2v) is 4.98. The van der Waals surface area contributed by atoms with Gasteiger partial charge >= 0.3 is 0 Å². The predicted molar refractivity (Wildman–Crippen MR) is 82.7 cm³/mol. The molecule has 4 nitrogen and oxygen atoms in total. The third-order valence-corrected chi connectivity index (χ3v) is 3.43. The summed E-state index contributed by atoms with van der Waals surface area (Å²) in [4.78, 5) is 23.1. The highest BCUT2D eigenvalue weighted by Gasteiger charge is 2.11. The maximum atomic E-state index is 11.7. The van der Waals surface area contributed by atoms with Gasteiger partial charge in [-0.15, -0.1) is 0 Å². The highest BCUT2D eigenvalue weighted by molar-refractivity contribution is 6.00. The van der Waals surface area contributed by atoms with Crippen molar-refractivity contribution in [2.75, 3.05) is 6.61 Å². The lowest BCUT2D eigenvalue weighted by molar-refractivity contribution is -0.123. The molecule has 21 heavy (non-hydrogen) atoms. The summed E-state index contributed by atoms with van der Waals surface area (Å²) in [6.45, 7) is 3.84. The zero-order chi connectivity index (χ0) is 15.2. The van der Waals surface area contributed by atoms with E-state index >= 15 is 0 Å². The van der Waals surface area contributed by atoms with Crippen LogP contribution in [0.2, 0.25) is 0 Å². The van der Waals surface area contributed by atoms with Crippen molar-refractivity contribution in [3.05, 3.63) is 42.0 Å². The molecule has 2 aromatic carbocycles. The maximum absolute atomic E-state index is 11.7. The summed E-state index contributed by atoms with van der Waals surface area (Å²) in [5, 5.41) is 4.62. The van der Waals surface area contributed by atoms with Crippen molar-refractivity contribution < 1.29 is 14.3 Å². The Morgan fingerprint density at radius 1 is 1.29 bits per heavy atom. The first-order chi connectivity index (χ1) is 10.2. The van der Waals surface area contributed by atoms with Crippen LogP contribution in [0, 0.1) is 0 Å². The average molecular weight is 285 g/mol. The second-order valence-electron chi connectivity index (χ2n) is 4.98. The third-order valence-electron chi connectivity index (χ3n) is 3.43. The van der Waals surface area contributed by atoms with Crippen LogP contribution >= 0.6 is 0 Å². The van der Waals surface area contributed by atoms with E-state index in [1.54, 1.807) is 6.07 Å². The van der Waals surface area contributed by atoms with Gasteiger partial charge in [-0.05, 0) is 30.2 Å². The lowest BCUT2D eigenvalue weighted by atomic mass is 10.0. The number of hydrogen-bond donors (Lipinski definition) is 1. The Morgan fingerprint density at radius 3 is 2.76 bits per heavy atom. The number of carbonyl (C=O) groups excluding carboxylic acids is 2. The van der Waals surface area contributed by atoms with E-state index in [1.165, 1.54) is 0 Å². The Kier molecular flexibility index (Phi) is 4.93. The Morgan fingerprint density at radius 2 is 2.05 bits per heavy atom. The van der Waals surface area contributed by atoms with Gasteiger partial charge in [0, 0.05) is 6.04 Å². The number of rotatable bonds is 6. The number of amides is 1. The fraction of sp³-hybridized carbons (Fsp3) is 0.294. The van der Waals surface area contributed by atoms with Gasteiger partial charge < -0.3 is 10.1 Å². The first-order valence-electron chi connectivity index (χ1n) is 7.04. The van der Waals surface area contributed by atoms with Gasteiger partial charge in [0.15, 0.2) is 12.9 Å². The van der Waals surface area contributed by atoms with Crippen molar-refractivity contribution in [1.82, 2.24) is 5.32 Å². The molecule has 0 aliphatic carbocycles. The smallest absolute Gasteiger partial charge is 0.258 e. The van der Waals surface area contributed by atoms with Gasteiger partial charge in [-0.2, -0.15) is 0 Å². The molecule has 0 aliphatic heterocycles. The van der Waals surface area contributed by atoms with E-state index in [-0.39, 0.29) is 18.6 Å². The van der Waals surface area contributed by atoms with Crippen LogP contribution in [-0.2, 0) is 4.79 Å². The van der Waals surface area contributed by atoms with Crippen LogP contribution in [0.5, 0.6) is 5.75 Å². The molecule has 1 unspecified atom stereocenters. The van der Waals surface area contributed by atoms with Gasteiger partial charge in [-0.3, -0.25) is 9.59 Å². The quantitative estimate of drug-likeness (QED) is 0.830. The highest BCUT2D eigenvalue weighted by Crippen LogP contribution is 2.26. The highest BCUT2D eigenvalue weighted by atomic mass is 16.5. The van der Waals surface area contributed by atoms with E-state index in [4.69, 9.17) is 4.74 Å². The molecule has 2 rings (SSSR count). The molecule has 110 valence electrons. The molecule has 0 aromatic heterocycles. The van der Waals surface area contributed by atoms with E-state index in [2.05, 4.69) is 5.32 Å². The molecule has 0 heterocycles. The van der Waals surface area contributed by atoms with Gasteiger partial charge in [0.1, 0.15) is 5.75 Å². The number of carbonyl (C=O) groups is 2. The molecule has 0 radical (unpaired) electrons. The molecular weight excluding hydrogens is 266 g/mol. The molecule has 0 aliphatic rings. The molecule has 0 saturated carbocycles. The summed E-state index contributed by atoms with van der Waals surface area (Å²) in [6, 6.07) is 11.3. The van der Waals surface area contributed by atoms with Crippen molar-refractivity contribution >= 4 is 23.0 Å². The van der Waals surface area contributed by atoms with Crippen LogP contribution in [0.4, 0.5) is 0 Å². The molecule has 1 atom stereocenters. The number of aldehydes is 1. The molecule has 1 N–H and O–H groups in total. The van der Waals surface area contributed by atoms with E-state index in [1.807, 2.05) is 44.2 Å². The van der Waals surface area contributed by atoms with E-state index in [0.29, 0.717) is 11.3 Å². The van der Waals surface area contributed by atoms with Gasteiger partial charge in [0.05, 0.1) is 5.56 Å². The Bertz CT molecular complexity index is 652. The molecule has 0 bridgehead atoms. The normalized spacial score (nSPS) is 11.9. The van der Waals surface area contributed by atoms with Crippen LogP contribution in [0.15, 0.2) is 36.4 Å². The first kappa shape index (κ1) is 15.0. The molecule has 0 saturated heterocycles. The monoisotopic (exact) mass is 285 g/mol. The Balaban J connectivity index is 2.15. The van der Waals surface area contributed by atoms with E-state index in [0.717, 1.165) is 23.5 Å². The predicted octanol–water partition coefficient (Wildman–Crippen LogP) is 2.95. The Hall–Kier alpha value is -2.36. The largest absolute Gasteiger partial charge is 0.483 e. The van der Waals surface area contributed by atoms with Gasteiger partial charge in [0.2, 0.25) is 0 Å². The van der Waals surface area contributed by atoms with E-state index < -0.39 is 0 Å². The van der Waals surface area contributed by atoms with Gasteiger partial charge in [-0.25, -0.2) is 0 Å². The molecule has 2 aromatic rings. The summed E-state index contributed by atoms with van der Waals surface area (Å²) in [7, 11) is 0. The van der Waals surface area contributed by atoms with Crippen LogP contribution in [0.1, 0.15) is 30.6 Å². The minimum absolute atomic E-state index is 0.0937. The van der Waals surface area contributed by atoms with Crippen molar-refractivity contribution in [3.8, 4) is 5.75 Å². The molecule has 1 amide bonds. The lowest BCUT2D eigenvalue weighted by Crippen LogP contribution is -2.35. The number of fused-ring (bicyclic) bond motifs is 1. The number of nitrogens with one attached hydrogen (secondary N) is 1. The molecule has 0 fully saturated rings. The first-order valence-corrected chi connectivity index (χ1v) is 7.04. The zero-order valence-electron chi connectivity index (χ0n) is 12.3.